The van der Waals surface area contributed by atoms with E-state index in [1.54, 1.807) is 31.2 Å². The third-order valence-corrected chi connectivity index (χ3v) is 16.3. The van der Waals surface area contributed by atoms with E-state index in [9.17, 15) is 79.5 Å². The smallest absolute Gasteiger partial charge is 0.240 e. The molecule has 7 amide bonds. The summed E-state index contributed by atoms with van der Waals surface area (Å²) >= 11 is 10.6. The summed E-state index contributed by atoms with van der Waals surface area (Å²) in [7, 11) is 0. The summed E-state index contributed by atoms with van der Waals surface area (Å²) in [5.74, 6) is -3.33. The topological polar surface area (TPSA) is 560 Å². The number of hydrogen-bond acceptors (Lipinski definition) is 33. The summed E-state index contributed by atoms with van der Waals surface area (Å²) in [6, 6.07) is 3.73. The lowest BCUT2D eigenvalue weighted by molar-refractivity contribution is -0.272. The van der Waals surface area contributed by atoms with Crippen LogP contribution in [-0.2, 0) is 105 Å². The summed E-state index contributed by atoms with van der Waals surface area (Å²) in [5.41, 5.74) is -0.177. The van der Waals surface area contributed by atoms with Crippen molar-refractivity contribution in [2.45, 2.75) is 144 Å². The van der Waals surface area contributed by atoms with Gasteiger partial charge >= 0.3 is 0 Å². The van der Waals surface area contributed by atoms with E-state index in [1.807, 2.05) is 0 Å². The summed E-state index contributed by atoms with van der Waals surface area (Å²) in [6.07, 6.45) is -16.2. The zero-order chi connectivity index (χ0) is 79.9. The highest BCUT2D eigenvalue weighted by Crippen LogP contribution is 2.25. The van der Waals surface area contributed by atoms with Gasteiger partial charge in [0.25, 0.3) is 0 Å². The van der Waals surface area contributed by atoms with Gasteiger partial charge in [-0.25, -0.2) is 0 Å². The Morgan fingerprint density at radius 3 is 0.972 bits per heavy atom. The van der Waals surface area contributed by atoms with E-state index in [1.165, 1.54) is 20.8 Å². The molecule has 3 aliphatic rings. The minimum Gasteiger partial charge on any atom is -0.394 e. The zero-order valence-corrected chi connectivity index (χ0v) is 63.3. The Labute approximate surface area is 642 Å². The van der Waals surface area contributed by atoms with Crippen molar-refractivity contribution in [3.05, 3.63) is 24.3 Å². The third kappa shape index (κ3) is 38.5. The minimum atomic E-state index is -1.53. The number of rotatable bonds is 56. The molecule has 4 rings (SSSR count). The fraction of sp³-hybridized carbons (Fsp3) is 0.773. The number of nitrogens with one attached hydrogen (secondary N) is 10. The SMILES string of the molecule is CC(=O)NC1C(O)[C@@H](O)C(CO)O[C@H]1OCCOCCOCCNC(=O)CCOCC(COCCC(=O)NCCOCCOCCO[C@@H]1OC(CO)[C@H](O)C(O)C1NC(C)=O)(COCCC(=O)NCCOCCOCCO[C@@H]1OC(CO)[C@H](O)C(O)C1NC(C)=O)NC(=O)CNC(=S)Nc1ccc(NC(C)=S)cc1. The van der Waals surface area contributed by atoms with Crippen molar-refractivity contribution in [1.82, 2.24) is 42.5 Å². The molecule has 0 aromatic heterocycles. The van der Waals surface area contributed by atoms with Gasteiger partial charge in [-0.3, -0.25) is 33.6 Å². The Morgan fingerprint density at radius 1 is 0.385 bits per heavy atom. The molecule has 3 heterocycles. The fourth-order valence-corrected chi connectivity index (χ4v) is 10.9. The van der Waals surface area contributed by atoms with Crippen LogP contribution in [0, 0.1) is 0 Å². The molecule has 1 aromatic rings. The molecular formula is C66H112N10O31S2. The predicted octanol–water partition coefficient (Wildman–Crippen LogP) is -7.86. The van der Waals surface area contributed by atoms with Crippen molar-refractivity contribution in [1.29, 1.82) is 0 Å². The molecule has 3 fully saturated rings. The van der Waals surface area contributed by atoms with Crippen LogP contribution in [0.25, 0.3) is 0 Å². The summed E-state index contributed by atoms with van der Waals surface area (Å²) in [5, 5.41) is 118. The van der Waals surface area contributed by atoms with Gasteiger partial charge in [-0.05, 0) is 43.4 Å². The average Bonchev–Trinajstić information content (AvgIpc) is 0.822. The van der Waals surface area contributed by atoms with Gasteiger partial charge in [0.15, 0.2) is 24.0 Å². The predicted molar refractivity (Wildman–Crippen MR) is 388 cm³/mol. The van der Waals surface area contributed by atoms with Gasteiger partial charge in [-0.2, -0.15) is 0 Å². The van der Waals surface area contributed by atoms with Crippen LogP contribution in [0.4, 0.5) is 11.4 Å². The summed E-state index contributed by atoms with van der Waals surface area (Å²) in [4.78, 5) is 88.7. The van der Waals surface area contributed by atoms with Crippen LogP contribution in [0.1, 0.15) is 47.0 Å². The number of thiocarbonyl (C=S) groups is 2. The quantitative estimate of drug-likeness (QED) is 0.0213. The van der Waals surface area contributed by atoms with Crippen LogP contribution < -0.4 is 53.2 Å². The highest BCUT2D eigenvalue weighted by atomic mass is 32.1. The van der Waals surface area contributed by atoms with Gasteiger partial charge in [-0.15, -0.1) is 0 Å². The summed E-state index contributed by atoms with van der Waals surface area (Å²) < 4.78 is 85.0. The maximum atomic E-state index is 13.9. The van der Waals surface area contributed by atoms with Crippen molar-refractivity contribution >= 4 is 87.3 Å². The Bertz CT molecular complexity index is 2610. The normalized spacial score (nSPS) is 24.5. The molecule has 624 valence electrons. The molecule has 0 radical (unpaired) electrons. The minimum absolute atomic E-state index is 0.0408. The van der Waals surface area contributed by atoms with Crippen molar-refractivity contribution in [2.75, 3.05) is 195 Å². The van der Waals surface area contributed by atoms with Crippen LogP contribution in [0.3, 0.4) is 0 Å². The first-order valence-electron chi connectivity index (χ1n) is 35.6. The number of amides is 7. The van der Waals surface area contributed by atoms with E-state index in [2.05, 4.69) is 53.2 Å². The average molecular weight is 1610 g/mol. The lowest BCUT2D eigenvalue weighted by Crippen LogP contribution is -2.64. The van der Waals surface area contributed by atoms with E-state index in [0.29, 0.717) is 10.7 Å². The number of benzene rings is 1. The second-order valence-corrected chi connectivity index (χ2v) is 26.0. The van der Waals surface area contributed by atoms with Crippen molar-refractivity contribution < 1.29 is 151 Å². The molecule has 3 saturated heterocycles. The molecule has 19 N–H and O–H groups in total. The molecule has 0 spiro atoms. The Balaban J connectivity index is 1.29. The molecule has 9 unspecified atom stereocenters. The van der Waals surface area contributed by atoms with E-state index in [0.717, 1.165) is 5.69 Å². The lowest BCUT2D eigenvalue weighted by Gasteiger charge is -2.42. The van der Waals surface area contributed by atoms with Crippen molar-refractivity contribution in [3.63, 3.8) is 0 Å². The molecular weight excluding hydrogens is 1490 g/mol. The number of carbonyl (C=O) groups excluding carboxylic acids is 7. The largest absolute Gasteiger partial charge is 0.394 e. The van der Waals surface area contributed by atoms with Crippen molar-refractivity contribution in [3.8, 4) is 0 Å². The van der Waals surface area contributed by atoms with Crippen LogP contribution in [-0.4, -0.2) is 380 Å². The number of aliphatic hydroxyl groups excluding tert-OH is 9. The van der Waals surface area contributed by atoms with Crippen LogP contribution >= 0.6 is 24.4 Å². The second-order valence-electron chi connectivity index (χ2n) is 24.9. The van der Waals surface area contributed by atoms with Crippen LogP contribution in [0.15, 0.2) is 24.3 Å². The third-order valence-electron chi connectivity index (χ3n) is 15.9. The second kappa shape index (κ2) is 54.7. The number of ether oxygens (including phenoxy) is 15. The Kier molecular flexibility index (Phi) is 48.0. The maximum Gasteiger partial charge on any atom is 0.240 e. The van der Waals surface area contributed by atoms with E-state index >= 15 is 0 Å². The first-order chi connectivity index (χ1) is 52.3. The molecule has 0 aliphatic carbocycles. The molecule has 3 aliphatic heterocycles. The number of hydrogen-bond donors (Lipinski definition) is 19. The summed E-state index contributed by atoms with van der Waals surface area (Å²) in [6.45, 7) is 3.29. The molecule has 109 heavy (non-hydrogen) atoms. The fourth-order valence-electron chi connectivity index (χ4n) is 10.6. The van der Waals surface area contributed by atoms with Crippen LogP contribution in [0.2, 0.25) is 0 Å². The van der Waals surface area contributed by atoms with Gasteiger partial charge < -0.3 is 170 Å². The highest BCUT2D eigenvalue weighted by Gasteiger charge is 2.48. The Hall–Kier alpha value is -5.87. The molecule has 15 atom stereocenters. The zero-order valence-electron chi connectivity index (χ0n) is 61.7. The molecule has 1 aromatic carbocycles. The first-order valence-corrected chi connectivity index (χ1v) is 36.4. The number of anilines is 2. The van der Waals surface area contributed by atoms with E-state index in [-0.39, 0.29) is 189 Å². The monoisotopic (exact) mass is 1600 g/mol. The lowest BCUT2D eigenvalue weighted by atomic mass is 9.97. The first kappa shape index (κ1) is 95.5. The molecule has 0 saturated carbocycles. The van der Waals surface area contributed by atoms with Gasteiger partial charge in [0, 0.05) is 71.0 Å². The van der Waals surface area contributed by atoms with Gasteiger partial charge in [0.2, 0.25) is 41.4 Å². The number of aliphatic hydroxyl groups is 9. The standard InChI is InChI=1S/C66H112N10O31S2/c1-40(80)71-53-59(90)56(87)46(34-77)105-62(53)102-30-27-96-24-21-93-18-12-67-49(83)9-15-99-37-66(76-52(86)33-70-65(109)75-45-7-5-44(6-8-45)74-43(4)108,38-100-16-10-50(84)68-13-19-94-22-25-97-28-31-103-63-54(72-41(2)81)60(91)57(88)47(35-78)106-63)39-101-17-11-51(85)69-14-20-95-23-26-98-29-32-104-64-55(73-42(3)82)61(92)58(89)48(36-79)107-64/h5-8,46-48,53-64,77-79,87-92H,9-39H2,1-4H3,(H,67,83)(H,68,84)(H,69,85)(H,71,80)(H,72,81)(H,73,82)(H,74,108)(H,76,86)(H2,70,75,109)/t46?,47?,48?,53?,54?,55?,56-,57-,58-,59?,60?,61?,62+,63+,64+,66?/m0/s1. The van der Waals surface area contributed by atoms with Gasteiger partial charge in [0.1, 0.15) is 78.6 Å². The Morgan fingerprint density at radius 2 is 0.679 bits per heavy atom. The maximum absolute atomic E-state index is 13.9. The number of carbonyl (C=O) groups is 7. The van der Waals surface area contributed by atoms with E-state index < -0.39 is 159 Å². The van der Waals surface area contributed by atoms with E-state index in [4.69, 9.17) is 95.5 Å². The molecule has 43 heteroatoms. The van der Waals surface area contributed by atoms with Gasteiger partial charge in [-0.1, -0.05) is 12.2 Å². The van der Waals surface area contributed by atoms with Gasteiger partial charge in [0.05, 0.1) is 170 Å². The van der Waals surface area contributed by atoms with Crippen molar-refractivity contribution in [2.24, 2.45) is 0 Å². The highest BCUT2D eigenvalue weighted by molar-refractivity contribution is 7.80. The van der Waals surface area contributed by atoms with Crippen LogP contribution in [0.5, 0.6) is 0 Å². The molecule has 41 nitrogen and oxygen atoms in total. The molecule has 0 bridgehead atoms.